The van der Waals surface area contributed by atoms with E-state index in [1.165, 1.54) is 22.9 Å². The minimum absolute atomic E-state index is 0.0555. The van der Waals surface area contributed by atoms with Crippen LogP contribution in [0.1, 0.15) is 22.4 Å². The van der Waals surface area contributed by atoms with E-state index in [2.05, 4.69) is 36.5 Å². The van der Waals surface area contributed by atoms with Crippen molar-refractivity contribution in [1.82, 2.24) is 9.97 Å². The summed E-state index contributed by atoms with van der Waals surface area (Å²) >= 11 is 1.43. The largest absolute Gasteiger partial charge is 0.325 e. The summed E-state index contributed by atoms with van der Waals surface area (Å²) in [6.45, 7) is 4.10. The fourth-order valence-corrected chi connectivity index (χ4v) is 3.91. The monoisotopic (exact) mass is 413 g/mol. The molecule has 0 aliphatic rings. The predicted octanol–water partition coefficient (Wildman–Crippen LogP) is 5.57. The molecule has 0 aliphatic carbocycles. The minimum Gasteiger partial charge on any atom is -0.325 e. The SMILES string of the molecule is Cc1ccc(Cc2nc3ccccc3nc2SCC(=O)Nc2ccc(C)cc2)cc1. The lowest BCUT2D eigenvalue weighted by Crippen LogP contribution is -2.14. The lowest BCUT2D eigenvalue weighted by atomic mass is 10.1. The first-order valence-electron chi connectivity index (χ1n) is 9.87. The number of carbonyl (C=O) groups is 1. The molecule has 3 aromatic carbocycles. The highest BCUT2D eigenvalue weighted by Gasteiger charge is 2.13. The highest BCUT2D eigenvalue weighted by Crippen LogP contribution is 2.25. The van der Waals surface area contributed by atoms with Gasteiger partial charge in [0.2, 0.25) is 5.91 Å². The van der Waals surface area contributed by atoms with Crippen LogP contribution in [-0.2, 0) is 11.2 Å². The second-order valence-corrected chi connectivity index (χ2v) is 8.29. The van der Waals surface area contributed by atoms with Crippen LogP contribution in [-0.4, -0.2) is 21.6 Å². The fourth-order valence-electron chi connectivity index (χ4n) is 3.12. The Labute approximate surface area is 180 Å². The van der Waals surface area contributed by atoms with Crippen LogP contribution in [0.3, 0.4) is 0 Å². The van der Waals surface area contributed by atoms with Gasteiger partial charge in [-0.05, 0) is 43.7 Å². The van der Waals surface area contributed by atoms with Gasteiger partial charge in [-0.3, -0.25) is 4.79 Å². The molecule has 0 aliphatic heterocycles. The van der Waals surface area contributed by atoms with E-state index in [0.29, 0.717) is 6.42 Å². The zero-order chi connectivity index (χ0) is 20.9. The first-order chi connectivity index (χ1) is 14.6. The van der Waals surface area contributed by atoms with Gasteiger partial charge in [0.1, 0.15) is 5.03 Å². The maximum Gasteiger partial charge on any atom is 0.234 e. The molecule has 1 aromatic heterocycles. The van der Waals surface area contributed by atoms with Gasteiger partial charge in [-0.25, -0.2) is 9.97 Å². The normalized spacial score (nSPS) is 10.9. The first-order valence-corrected chi connectivity index (χ1v) is 10.9. The van der Waals surface area contributed by atoms with Gasteiger partial charge in [-0.15, -0.1) is 0 Å². The number of fused-ring (bicyclic) bond motifs is 1. The number of rotatable bonds is 6. The Balaban J connectivity index is 1.54. The molecule has 0 saturated carbocycles. The number of aryl methyl sites for hydroxylation is 2. The summed E-state index contributed by atoms with van der Waals surface area (Å²) in [5.41, 5.74) is 6.97. The Morgan fingerprint density at radius 3 is 2.10 bits per heavy atom. The quantitative estimate of drug-likeness (QED) is 0.420. The Kier molecular flexibility index (Phi) is 6.10. The van der Waals surface area contributed by atoms with Gasteiger partial charge in [0.15, 0.2) is 0 Å². The number of aromatic nitrogens is 2. The molecule has 1 amide bonds. The van der Waals surface area contributed by atoms with Gasteiger partial charge in [0.25, 0.3) is 0 Å². The zero-order valence-corrected chi connectivity index (χ0v) is 17.9. The lowest BCUT2D eigenvalue weighted by molar-refractivity contribution is -0.113. The predicted molar refractivity (Wildman–Crippen MR) is 124 cm³/mol. The number of thioether (sulfide) groups is 1. The summed E-state index contributed by atoms with van der Waals surface area (Å²) in [5.74, 6) is 0.224. The highest BCUT2D eigenvalue weighted by atomic mass is 32.2. The Bertz CT molecular complexity index is 1170. The zero-order valence-electron chi connectivity index (χ0n) is 17.1. The van der Waals surface area contributed by atoms with E-state index in [1.54, 1.807) is 0 Å². The molecule has 150 valence electrons. The van der Waals surface area contributed by atoms with Crippen molar-refractivity contribution in [3.63, 3.8) is 0 Å². The molecule has 0 fully saturated rings. The van der Waals surface area contributed by atoms with Gasteiger partial charge in [-0.1, -0.05) is 71.4 Å². The third-order valence-electron chi connectivity index (χ3n) is 4.77. The lowest BCUT2D eigenvalue weighted by Gasteiger charge is -2.10. The van der Waals surface area contributed by atoms with Crippen LogP contribution in [0.4, 0.5) is 5.69 Å². The number of nitrogens with one attached hydrogen (secondary N) is 1. The van der Waals surface area contributed by atoms with Crippen LogP contribution >= 0.6 is 11.8 Å². The Morgan fingerprint density at radius 2 is 1.43 bits per heavy atom. The topological polar surface area (TPSA) is 54.9 Å². The van der Waals surface area contributed by atoms with Gasteiger partial charge in [0.05, 0.1) is 22.5 Å². The Hall–Kier alpha value is -3.18. The molecule has 1 N–H and O–H groups in total. The van der Waals surface area contributed by atoms with Gasteiger partial charge >= 0.3 is 0 Å². The van der Waals surface area contributed by atoms with Gasteiger partial charge in [0, 0.05) is 12.1 Å². The summed E-state index contributed by atoms with van der Waals surface area (Å²) in [4.78, 5) is 22.1. The van der Waals surface area contributed by atoms with Crippen LogP contribution in [0, 0.1) is 13.8 Å². The molecule has 0 atom stereocenters. The molecule has 0 radical (unpaired) electrons. The van der Waals surface area contributed by atoms with E-state index in [1.807, 2.05) is 55.5 Å². The van der Waals surface area contributed by atoms with Crippen molar-refractivity contribution in [2.75, 3.05) is 11.1 Å². The first kappa shape index (κ1) is 20.1. The fraction of sp³-hybridized carbons (Fsp3) is 0.160. The average Bonchev–Trinajstić information content (AvgIpc) is 2.75. The van der Waals surface area contributed by atoms with E-state index in [4.69, 9.17) is 9.97 Å². The molecular formula is C25H23N3OS. The second-order valence-electron chi connectivity index (χ2n) is 7.33. The highest BCUT2D eigenvalue weighted by molar-refractivity contribution is 8.00. The number of hydrogen-bond acceptors (Lipinski definition) is 4. The summed E-state index contributed by atoms with van der Waals surface area (Å²) in [5, 5.41) is 3.74. The average molecular weight is 414 g/mol. The number of carbonyl (C=O) groups excluding carboxylic acids is 1. The molecule has 1 heterocycles. The second kappa shape index (κ2) is 9.09. The van der Waals surface area contributed by atoms with Crippen molar-refractivity contribution >= 4 is 34.4 Å². The van der Waals surface area contributed by atoms with Crippen LogP contribution < -0.4 is 5.32 Å². The molecular weight excluding hydrogens is 390 g/mol. The number of amides is 1. The van der Waals surface area contributed by atoms with Crippen LogP contribution in [0.2, 0.25) is 0 Å². The summed E-state index contributed by atoms with van der Waals surface area (Å²) in [7, 11) is 0. The van der Waals surface area contributed by atoms with E-state index in [0.717, 1.165) is 33.0 Å². The van der Waals surface area contributed by atoms with Crippen LogP contribution in [0.5, 0.6) is 0 Å². The number of anilines is 1. The maximum atomic E-state index is 12.5. The number of nitrogens with zero attached hydrogens (tertiary/aromatic N) is 2. The van der Waals surface area contributed by atoms with Gasteiger partial charge in [-0.2, -0.15) is 0 Å². The third-order valence-corrected chi connectivity index (χ3v) is 5.78. The van der Waals surface area contributed by atoms with Crippen molar-refractivity contribution in [3.05, 3.63) is 95.2 Å². The summed E-state index contributed by atoms with van der Waals surface area (Å²) in [6.07, 6.45) is 0.681. The molecule has 0 bridgehead atoms. The molecule has 4 nitrogen and oxygen atoms in total. The van der Waals surface area contributed by atoms with Crippen molar-refractivity contribution < 1.29 is 4.79 Å². The van der Waals surface area contributed by atoms with E-state index in [-0.39, 0.29) is 11.7 Å². The van der Waals surface area contributed by atoms with Crippen molar-refractivity contribution in [3.8, 4) is 0 Å². The standard InChI is InChI=1S/C25H23N3OS/c1-17-7-11-19(12-8-17)15-23-25(28-22-6-4-3-5-21(22)27-23)30-16-24(29)26-20-13-9-18(2)10-14-20/h3-14H,15-16H2,1-2H3,(H,26,29). The van der Waals surface area contributed by atoms with E-state index < -0.39 is 0 Å². The summed E-state index contributed by atoms with van der Waals surface area (Å²) < 4.78 is 0. The molecule has 4 aromatic rings. The number of benzene rings is 3. The minimum atomic E-state index is -0.0555. The molecule has 5 heteroatoms. The van der Waals surface area contributed by atoms with E-state index in [9.17, 15) is 4.79 Å². The third kappa shape index (κ3) is 5.05. The number of hydrogen-bond donors (Lipinski definition) is 1. The molecule has 30 heavy (non-hydrogen) atoms. The van der Waals surface area contributed by atoms with Crippen LogP contribution in [0.15, 0.2) is 77.8 Å². The van der Waals surface area contributed by atoms with Gasteiger partial charge < -0.3 is 5.32 Å². The number of para-hydroxylation sites is 2. The molecule has 0 spiro atoms. The Morgan fingerprint density at radius 1 is 0.833 bits per heavy atom. The van der Waals surface area contributed by atoms with Crippen molar-refractivity contribution in [1.29, 1.82) is 0 Å². The summed E-state index contributed by atoms with van der Waals surface area (Å²) in [6, 6.07) is 24.1. The van der Waals surface area contributed by atoms with Crippen molar-refractivity contribution in [2.45, 2.75) is 25.3 Å². The maximum absolute atomic E-state index is 12.5. The smallest absolute Gasteiger partial charge is 0.234 e. The molecule has 4 rings (SSSR count). The molecule has 0 unspecified atom stereocenters. The van der Waals surface area contributed by atoms with Crippen molar-refractivity contribution in [2.24, 2.45) is 0 Å². The molecule has 0 saturated heterocycles. The van der Waals surface area contributed by atoms with E-state index >= 15 is 0 Å². The van der Waals surface area contributed by atoms with Crippen LogP contribution in [0.25, 0.3) is 11.0 Å².